The first-order chi connectivity index (χ1) is 10.6. The van der Waals surface area contributed by atoms with E-state index in [1.54, 1.807) is 4.90 Å². The molecule has 0 aromatic carbocycles. The summed E-state index contributed by atoms with van der Waals surface area (Å²) in [6, 6.07) is 0. The second-order valence-electron chi connectivity index (χ2n) is 6.98. The molecule has 2 fully saturated rings. The van der Waals surface area contributed by atoms with Crippen molar-refractivity contribution in [3.8, 4) is 0 Å². The molecule has 22 heavy (non-hydrogen) atoms. The number of piperidine rings is 1. The second-order valence-corrected chi connectivity index (χ2v) is 6.98. The fraction of sp³-hybridized carbons (Fsp3) is 0.882. The van der Waals surface area contributed by atoms with Gasteiger partial charge in [-0.05, 0) is 58.7 Å². The third-order valence-electron chi connectivity index (χ3n) is 4.94. The first-order valence-corrected chi connectivity index (χ1v) is 8.98. The number of guanidine groups is 1. The number of nitrogens with zero attached hydrogens (tertiary/aromatic N) is 2. The van der Waals surface area contributed by atoms with Crippen molar-refractivity contribution >= 4 is 11.9 Å². The number of nitrogens with one attached hydrogen (secondary N) is 2. The van der Waals surface area contributed by atoms with E-state index >= 15 is 0 Å². The highest BCUT2D eigenvalue weighted by atomic mass is 16.2. The van der Waals surface area contributed by atoms with Gasteiger partial charge in [0, 0.05) is 6.54 Å². The molecule has 2 rings (SSSR count). The Labute approximate surface area is 134 Å². The van der Waals surface area contributed by atoms with E-state index < -0.39 is 5.54 Å². The van der Waals surface area contributed by atoms with Crippen LogP contribution in [0.3, 0.4) is 0 Å². The van der Waals surface area contributed by atoms with Crippen LogP contribution in [-0.4, -0.2) is 53.4 Å². The van der Waals surface area contributed by atoms with Crippen LogP contribution in [0, 0.1) is 5.41 Å². The normalized spacial score (nSPS) is 26.5. The van der Waals surface area contributed by atoms with Crippen molar-refractivity contribution in [1.29, 1.82) is 5.41 Å². The third kappa shape index (κ3) is 4.22. The van der Waals surface area contributed by atoms with E-state index in [4.69, 9.17) is 5.41 Å². The summed E-state index contributed by atoms with van der Waals surface area (Å²) in [5.74, 6) is 0.368. The number of amides is 1. The summed E-state index contributed by atoms with van der Waals surface area (Å²) in [6.07, 6.45) is 9.16. The smallest absolute Gasteiger partial charge is 0.254 e. The lowest BCUT2D eigenvalue weighted by atomic mass is 9.96. The summed E-state index contributed by atoms with van der Waals surface area (Å²) in [5.41, 5.74) is -0.556. The predicted molar refractivity (Wildman–Crippen MR) is 90.0 cm³/mol. The zero-order valence-electron chi connectivity index (χ0n) is 14.3. The molecule has 0 radical (unpaired) electrons. The van der Waals surface area contributed by atoms with E-state index in [0.29, 0.717) is 6.54 Å². The maximum absolute atomic E-state index is 12.5. The highest BCUT2D eigenvalue weighted by molar-refractivity contribution is 6.07. The summed E-state index contributed by atoms with van der Waals surface area (Å²) >= 11 is 0. The maximum atomic E-state index is 12.5. The summed E-state index contributed by atoms with van der Waals surface area (Å²) in [7, 11) is 0. The molecule has 2 aliphatic heterocycles. The first kappa shape index (κ1) is 17.3. The van der Waals surface area contributed by atoms with Crippen molar-refractivity contribution in [1.82, 2.24) is 15.1 Å². The molecule has 0 spiro atoms. The zero-order valence-corrected chi connectivity index (χ0v) is 14.3. The molecule has 2 heterocycles. The quantitative estimate of drug-likeness (QED) is 0.678. The maximum Gasteiger partial charge on any atom is 0.254 e. The fourth-order valence-corrected chi connectivity index (χ4v) is 3.63. The largest absolute Gasteiger partial charge is 0.342 e. The summed E-state index contributed by atoms with van der Waals surface area (Å²) in [5, 5.41) is 11.1. The van der Waals surface area contributed by atoms with E-state index in [2.05, 4.69) is 17.1 Å². The highest BCUT2D eigenvalue weighted by Gasteiger charge is 2.44. The molecule has 0 aromatic heterocycles. The summed E-state index contributed by atoms with van der Waals surface area (Å²) in [6.45, 7) is 8.39. The van der Waals surface area contributed by atoms with Gasteiger partial charge >= 0.3 is 0 Å². The van der Waals surface area contributed by atoms with Crippen molar-refractivity contribution in [2.24, 2.45) is 0 Å². The molecule has 0 aliphatic carbocycles. The summed E-state index contributed by atoms with van der Waals surface area (Å²) in [4.78, 5) is 16.7. The van der Waals surface area contributed by atoms with Gasteiger partial charge in [0.1, 0.15) is 5.54 Å². The van der Waals surface area contributed by atoms with Gasteiger partial charge in [0.05, 0.1) is 0 Å². The lowest BCUT2D eigenvalue weighted by Crippen LogP contribution is -2.43. The number of carbonyl (C=O) groups is 1. The van der Waals surface area contributed by atoms with Crippen LogP contribution in [0.1, 0.15) is 65.2 Å². The van der Waals surface area contributed by atoms with Gasteiger partial charge in [-0.3, -0.25) is 15.1 Å². The van der Waals surface area contributed by atoms with Crippen LogP contribution in [-0.2, 0) is 4.79 Å². The van der Waals surface area contributed by atoms with Gasteiger partial charge in [-0.2, -0.15) is 0 Å². The minimum Gasteiger partial charge on any atom is -0.342 e. The van der Waals surface area contributed by atoms with Crippen LogP contribution >= 0.6 is 0 Å². The average molecular weight is 308 g/mol. The van der Waals surface area contributed by atoms with Gasteiger partial charge in [-0.1, -0.05) is 26.2 Å². The van der Waals surface area contributed by atoms with Gasteiger partial charge in [0.25, 0.3) is 5.91 Å². The number of carbonyl (C=O) groups excluding carboxylic acids is 1. The predicted octanol–water partition coefficient (Wildman–Crippen LogP) is 2.57. The van der Waals surface area contributed by atoms with Crippen LogP contribution in [0.15, 0.2) is 0 Å². The number of rotatable bonds is 8. The van der Waals surface area contributed by atoms with E-state index in [1.165, 1.54) is 45.3 Å². The lowest BCUT2D eigenvalue weighted by Gasteiger charge is -2.26. The van der Waals surface area contributed by atoms with Crippen LogP contribution in [0.25, 0.3) is 0 Å². The van der Waals surface area contributed by atoms with Gasteiger partial charge in [0.15, 0.2) is 5.96 Å². The number of hydrogen-bond donors (Lipinski definition) is 2. The second kappa shape index (κ2) is 7.95. The molecular weight excluding hydrogens is 276 g/mol. The minimum atomic E-state index is -0.556. The molecule has 1 atom stereocenters. The molecule has 2 N–H and O–H groups in total. The average Bonchev–Trinajstić information content (AvgIpc) is 2.71. The summed E-state index contributed by atoms with van der Waals surface area (Å²) < 4.78 is 0. The molecule has 1 amide bonds. The highest BCUT2D eigenvalue weighted by Crippen LogP contribution is 2.22. The Kier molecular flexibility index (Phi) is 6.24. The van der Waals surface area contributed by atoms with Crippen molar-refractivity contribution in [2.75, 3.05) is 26.2 Å². The van der Waals surface area contributed by atoms with Crippen molar-refractivity contribution in [2.45, 2.75) is 70.8 Å². The molecule has 0 aromatic rings. The number of likely N-dealkylation sites (tertiary alicyclic amines) is 1. The van der Waals surface area contributed by atoms with Crippen LogP contribution in [0.5, 0.6) is 0 Å². The monoisotopic (exact) mass is 308 g/mol. The van der Waals surface area contributed by atoms with E-state index in [-0.39, 0.29) is 11.9 Å². The molecule has 0 bridgehead atoms. The molecule has 5 heteroatoms. The van der Waals surface area contributed by atoms with Gasteiger partial charge < -0.3 is 10.2 Å². The van der Waals surface area contributed by atoms with Crippen LogP contribution < -0.4 is 5.32 Å². The van der Waals surface area contributed by atoms with Crippen LogP contribution in [0.2, 0.25) is 0 Å². The Morgan fingerprint density at radius 3 is 2.50 bits per heavy atom. The number of unbranched alkanes of at least 4 members (excludes halogenated alkanes) is 2. The van der Waals surface area contributed by atoms with E-state index in [0.717, 1.165) is 25.7 Å². The Balaban J connectivity index is 1.66. The first-order valence-electron chi connectivity index (χ1n) is 8.98. The molecule has 5 nitrogen and oxygen atoms in total. The molecule has 2 saturated heterocycles. The number of hydrogen-bond acceptors (Lipinski definition) is 3. The zero-order chi connectivity index (χ0) is 16.0. The molecular formula is C17H32N4O. The van der Waals surface area contributed by atoms with Crippen molar-refractivity contribution in [3.63, 3.8) is 0 Å². The molecule has 1 unspecified atom stereocenters. The minimum absolute atomic E-state index is 0.0791. The molecule has 2 aliphatic rings. The standard InChI is InChI=1S/C17H32N4O/c1-3-10-17(2)15(22)21(16(18)19-17)14-9-5-8-13-20-11-6-4-7-12-20/h3-14H2,1-2H3,(H2,18,19). The van der Waals surface area contributed by atoms with Crippen molar-refractivity contribution in [3.05, 3.63) is 0 Å². The molecule has 126 valence electrons. The topological polar surface area (TPSA) is 59.4 Å². The fourth-order valence-electron chi connectivity index (χ4n) is 3.63. The third-order valence-corrected chi connectivity index (χ3v) is 4.94. The van der Waals surface area contributed by atoms with E-state index in [9.17, 15) is 4.79 Å². The van der Waals surface area contributed by atoms with Gasteiger partial charge in [-0.25, -0.2) is 0 Å². The Morgan fingerprint density at radius 1 is 1.14 bits per heavy atom. The lowest BCUT2D eigenvalue weighted by molar-refractivity contribution is -0.130. The van der Waals surface area contributed by atoms with Crippen molar-refractivity contribution < 1.29 is 4.79 Å². The Bertz CT molecular complexity index is 392. The SMILES string of the molecule is CCCC1(C)NC(=N)N(CCCCCN2CCCCC2)C1=O. The van der Waals surface area contributed by atoms with Gasteiger partial charge in [0.2, 0.25) is 0 Å². The van der Waals surface area contributed by atoms with E-state index in [1.807, 2.05) is 6.92 Å². The molecule has 0 saturated carbocycles. The van der Waals surface area contributed by atoms with Gasteiger partial charge in [-0.15, -0.1) is 0 Å². The Morgan fingerprint density at radius 2 is 1.82 bits per heavy atom. The Hall–Kier alpha value is -1.10. The van der Waals surface area contributed by atoms with Crippen LogP contribution in [0.4, 0.5) is 0 Å².